The molecule has 1 N–H and O–H groups in total. The predicted molar refractivity (Wildman–Crippen MR) is 93.4 cm³/mol. The van der Waals surface area contributed by atoms with Crippen molar-refractivity contribution in [2.24, 2.45) is 0 Å². The summed E-state index contributed by atoms with van der Waals surface area (Å²) in [7, 11) is 0. The van der Waals surface area contributed by atoms with Crippen LogP contribution in [0.25, 0.3) is 0 Å². The summed E-state index contributed by atoms with van der Waals surface area (Å²) in [5.74, 6) is -0.000426. The van der Waals surface area contributed by atoms with E-state index in [9.17, 15) is 4.79 Å². The van der Waals surface area contributed by atoms with E-state index in [0.29, 0.717) is 24.6 Å². The molecule has 0 aliphatic carbocycles. The minimum Gasteiger partial charge on any atom is -0.374 e. The lowest BCUT2D eigenvalue weighted by Gasteiger charge is -2.09. The lowest BCUT2D eigenvalue weighted by molar-refractivity contribution is -0.120. The van der Waals surface area contributed by atoms with E-state index in [1.165, 1.54) is 0 Å². The van der Waals surface area contributed by atoms with Gasteiger partial charge in [0.1, 0.15) is 0 Å². The van der Waals surface area contributed by atoms with Crippen LogP contribution in [0.4, 0.5) is 0 Å². The van der Waals surface area contributed by atoms with Gasteiger partial charge in [-0.15, -0.1) is 0 Å². The molecule has 0 heterocycles. The number of ether oxygens (including phenoxy) is 1. The van der Waals surface area contributed by atoms with Crippen molar-refractivity contribution in [2.75, 3.05) is 0 Å². The Morgan fingerprint density at radius 1 is 1.00 bits per heavy atom. The van der Waals surface area contributed by atoms with Gasteiger partial charge in [-0.25, -0.2) is 0 Å². The summed E-state index contributed by atoms with van der Waals surface area (Å²) in [6.45, 7) is 5.17. The lowest BCUT2D eigenvalue weighted by Crippen LogP contribution is -2.24. The summed E-state index contributed by atoms with van der Waals surface area (Å²) in [6, 6.07) is 15.4. The number of carbonyl (C=O) groups excluding carboxylic acids is 1. The van der Waals surface area contributed by atoms with Crippen LogP contribution in [-0.4, -0.2) is 12.0 Å². The Bertz CT molecular complexity index is 621. The highest BCUT2D eigenvalue weighted by molar-refractivity contribution is 6.30. The van der Waals surface area contributed by atoms with Crippen LogP contribution in [0, 0.1) is 0 Å². The predicted octanol–water partition coefficient (Wildman–Crippen LogP) is 4.12. The maximum Gasteiger partial charge on any atom is 0.224 e. The van der Waals surface area contributed by atoms with Gasteiger partial charge in [0.2, 0.25) is 5.91 Å². The van der Waals surface area contributed by atoms with Crippen LogP contribution in [0.15, 0.2) is 48.5 Å². The van der Waals surface area contributed by atoms with Crippen molar-refractivity contribution in [3.63, 3.8) is 0 Å². The zero-order valence-corrected chi connectivity index (χ0v) is 14.3. The molecule has 23 heavy (non-hydrogen) atoms. The highest BCUT2D eigenvalue weighted by atomic mass is 35.5. The smallest absolute Gasteiger partial charge is 0.224 e. The summed E-state index contributed by atoms with van der Waals surface area (Å²) in [6.07, 6.45) is 0.583. The van der Waals surface area contributed by atoms with Crippen LogP contribution in [-0.2, 0) is 29.1 Å². The van der Waals surface area contributed by atoms with Gasteiger partial charge >= 0.3 is 0 Å². The molecule has 0 aliphatic rings. The first kappa shape index (κ1) is 17.5. The fraction of sp³-hybridized carbons (Fsp3) is 0.316. The van der Waals surface area contributed by atoms with E-state index in [0.717, 1.165) is 16.7 Å². The van der Waals surface area contributed by atoms with Gasteiger partial charge in [0, 0.05) is 11.6 Å². The highest BCUT2D eigenvalue weighted by Gasteiger charge is 2.04. The molecule has 0 aliphatic heterocycles. The molecular formula is C19H22ClNO2. The molecule has 3 nitrogen and oxygen atoms in total. The van der Waals surface area contributed by atoms with Crippen molar-refractivity contribution >= 4 is 17.5 Å². The van der Waals surface area contributed by atoms with Gasteiger partial charge in [-0.3, -0.25) is 4.79 Å². The summed E-state index contributed by atoms with van der Waals surface area (Å²) in [5, 5.41) is 3.61. The Hall–Kier alpha value is -1.84. The van der Waals surface area contributed by atoms with E-state index in [-0.39, 0.29) is 12.0 Å². The average Bonchev–Trinajstić information content (AvgIpc) is 2.54. The van der Waals surface area contributed by atoms with Crippen LogP contribution >= 0.6 is 11.6 Å². The third kappa shape index (κ3) is 6.43. The summed E-state index contributed by atoms with van der Waals surface area (Å²) >= 11 is 5.83. The van der Waals surface area contributed by atoms with Crippen molar-refractivity contribution in [2.45, 2.75) is 39.5 Å². The number of amides is 1. The monoisotopic (exact) mass is 331 g/mol. The maximum atomic E-state index is 12.0. The van der Waals surface area contributed by atoms with Gasteiger partial charge < -0.3 is 10.1 Å². The van der Waals surface area contributed by atoms with E-state index in [1.54, 1.807) is 12.1 Å². The average molecular weight is 332 g/mol. The van der Waals surface area contributed by atoms with Crippen LogP contribution in [0.2, 0.25) is 5.02 Å². The fourth-order valence-electron chi connectivity index (χ4n) is 2.07. The summed E-state index contributed by atoms with van der Waals surface area (Å²) < 4.78 is 5.56. The van der Waals surface area contributed by atoms with Gasteiger partial charge in [0.05, 0.1) is 19.1 Å². The molecule has 0 spiro atoms. The number of hydrogen-bond acceptors (Lipinski definition) is 2. The number of benzene rings is 2. The van der Waals surface area contributed by atoms with Crippen LogP contribution in [0.3, 0.4) is 0 Å². The van der Waals surface area contributed by atoms with Gasteiger partial charge in [-0.1, -0.05) is 48.0 Å². The molecule has 0 bridgehead atoms. The summed E-state index contributed by atoms with van der Waals surface area (Å²) in [5.41, 5.74) is 3.16. The standard InChI is InChI=1S/C19H22ClNO2/c1-14(2)23-13-17-5-3-16(4-6-17)12-21-19(22)11-15-7-9-18(20)10-8-15/h3-10,14H,11-13H2,1-2H3,(H,21,22). The maximum absolute atomic E-state index is 12.0. The van der Waals surface area contributed by atoms with Crippen molar-refractivity contribution < 1.29 is 9.53 Å². The Labute approximate surface area is 142 Å². The molecule has 0 radical (unpaired) electrons. The third-order valence-electron chi connectivity index (χ3n) is 3.37. The number of nitrogens with one attached hydrogen (secondary N) is 1. The Morgan fingerprint density at radius 3 is 2.17 bits per heavy atom. The molecule has 4 heteroatoms. The van der Waals surface area contributed by atoms with E-state index >= 15 is 0 Å². The first-order valence-corrected chi connectivity index (χ1v) is 8.11. The number of hydrogen-bond donors (Lipinski definition) is 1. The Morgan fingerprint density at radius 2 is 1.57 bits per heavy atom. The number of carbonyl (C=O) groups is 1. The minimum atomic E-state index is -0.000426. The third-order valence-corrected chi connectivity index (χ3v) is 3.63. The van der Waals surface area contributed by atoms with Gasteiger partial charge in [-0.05, 0) is 42.7 Å². The Balaban J connectivity index is 1.78. The van der Waals surface area contributed by atoms with E-state index < -0.39 is 0 Å². The van der Waals surface area contributed by atoms with Gasteiger partial charge in [-0.2, -0.15) is 0 Å². The zero-order valence-electron chi connectivity index (χ0n) is 13.5. The molecular weight excluding hydrogens is 310 g/mol. The van der Waals surface area contributed by atoms with E-state index in [1.807, 2.05) is 50.2 Å². The largest absolute Gasteiger partial charge is 0.374 e. The Kier molecular flexibility index (Phi) is 6.63. The van der Waals surface area contributed by atoms with Crippen LogP contribution < -0.4 is 5.32 Å². The molecule has 122 valence electrons. The lowest BCUT2D eigenvalue weighted by atomic mass is 10.1. The molecule has 2 aromatic rings. The molecule has 0 saturated carbocycles. The second-order valence-electron chi connectivity index (χ2n) is 5.76. The molecule has 0 fully saturated rings. The first-order chi connectivity index (χ1) is 11.0. The fourth-order valence-corrected chi connectivity index (χ4v) is 2.19. The van der Waals surface area contributed by atoms with Gasteiger partial charge in [0.25, 0.3) is 0 Å². The second kappa shape index (κ2) is 8.70. The summed E-state index contributed by atoms with van der Waals surface area (Å²) in [4.78, 5) is 12.0. The van der Waals surface area contributed by atoms with Crippen LogP contribution in [0.1, 0.15) is 30.5 Å². The second-order valence-corrected chi connectivity index (χ2v) is 6.19. The molecule has 0 aromatic heterocycles. The minimum absolute atomic E-state index is 0.000426. The molecule has 2 rings (SSSR count). The number of halogens is 1. The van der Waals surface area contributed by atoms with Crippen molar-refractivity contribution in [3.05, 3.63) is 70.2 Å². The normalized spacial score (nSPS) is 10.8. The van der Waals surface area contributed by atoms with Crippen molar-refractivity contribution in [1.29, 1.82) is 0 Å². The molecule has 0 saturated heterocycles. The SMILES string of the molecule is CC(C)OCc1ccc(CNC(=O)Cc2ccc(Cl)cc2)cc1. The van der Waals surface area contributed by atoms with Crippen molar-refractivity contribution in [3.8, 4) is 0 Å². The molecule has 1 amide bonds. The topological polar surface area (TPSA) is 38.3 Å². The van der Waals surface area contributed by atoms with E-state index in [2.05, 4.69) is 5.32 Å². The highest BCUT2D eigenvalue weighted by Crippen LogP contribution is 2.10. The van der Waals surface area contributed by atoms with Crippen LogP contribution in [0.5, 0.6) is 0 Å². The van der Waals surface area contributed by atoms with Crippen molar-refractivity contribution in [1.82, 2.24) is 5.32 Å². The quantitative estimate of drug-likeness (QED) is 0.828. The number of rotatable bonds is 7. The van der Waals surface area contributed by atoms with Gasteiger partial charge in [0.15, 0.2) is 0 Å². The zero-order chi connectivity index (χ0) is 16.7. The first-order valence-electron chi connectivity index (χ1n) is 7.73. The molecule has 0 unspecified atom stereocenters. The molecule has 0 atom stereocenters. The van der Waals surface area contributed by atoms with E-state index in [4.69, 9.17) is 16.3 Å². The molecule has 2 aromatic carbocycles.